The Balaban J connectivity index is 2.16. The minimum atomic E-state index is -0.742. The predicted molar refractivity (Wildman–Crippen MR) is 74.4 cm³/mol. The van der Waals surface area contributed by atoms with Crippen molar-refractivity contribution in [2.24, 2.45) is 0 Å². The summed E-state index contributed by atoms with van der Waals surface area (Å²) in [5.74, 6) is 0. The van der Waals surface area contributed by atoms with Crippen LogP contribution >= 0.6 is 23.2 Å². The van der Waals surface area contributed by atoms with Gasteiger partial charge in [0.25, 0.3) is 0 Å². The maximum absolute atomic E-state index is 10.7. The molecule has 1 fully saturated rings. The molecule has 1 aromatic rings. The van der Waals surface area contributed by atoms with E-state index in [9.17, 15) is 5.11 Å². The van der Waals surface area contributed by atoms with Gasteiger partial charge in [0.2, 0.25) is 0 Å². The normalized spacial score (nSPS) is 32.5. The van der Waals surface area contributed by atoms with Crippen molar-refractivity contribution in [1.82, 2.24) is 0 Å². The second kappa shape index (κ2) is 5.38. The van der Waals surface area contributed by atoms with Gasteiger partial charge in [-0.25, -0.2) is 0 Å². The van der Waals surface area contributed by atoms with Gasteiger partial charge >= 0.3 is 0 Å². The molecule has 18 heavy (non-hydrogen) atoms. The molecule has 0 spiro atoms. The van der Waals surface area contributed by atoms with Crippen LogP contribution in [-0.2, 0) is 11.2 Å². The molecule has 1 aliphatic rings. The molecule has 0 aliphatic carbocycles. The number of aliphatic hydroxyl groups is 1. The van der Waals surface area contributed by atoms with Gasteiger partial charge in [-0.1, -0.05) is 29.3 Å². The molecule has 0 radical (unpaired) electrons. The Hall–Kier alpha value is -0.280. The summed E-state index contributed by atoms with van der Waals surface area (Å²) < 4.78 is 5.65. The van der Waals surface area contributed by atoms with Gasteiger partial charge < -0.3 is 9.84 Å². The van der Waals surface area contributed by atoms with Crippen LogP contribution in [-0.4, -0.2) is 22.9 Å². The minimum absolute atomic E-state index is 0.0739. The van der Waals surface area contributed by atoms with E-state index in [1.165, 1.54) is 0 Å². The smallest absolute Gasteiger partial charge is 0.0737 e. The second-order valence-electron chi connectivity index (χ2n) is 5.30. The van der Waals surface area contributed by atoms with Crippen molar-refractivity contribution in [2.45, 2.75) is 50.9 Å². The van der Waals surface area contributed by atoms with Crippen LogP contribution in [0, 0.1) is 0 Å². The Morgan fingerprint density at radius 3 is 2.44 bits per heavy atom. The summed E-state index contributed by atoms with van der Waals surface area (Å²) >= 11 is 12.0. The highest BCUT2D eigenvalue weighted by Crippen LogP contribution is 2.34. The number of benzene rings is 1. The molecule has 0 amide bonds. The van der Waals surface area contributed by atoms with Crippen LogP contribution in [0.2, 0.25) is 10.0 Å². The highest BCUT2D eigenvalue weighted by molar-refractivity contribution is 6.35. The summed E-state index contributed by atoms with van der Waals surface area (Å²) in [6.45, 7) is 3.98. The van der Waals surface area contributed by atoms with Crippen molar-refractivity contribution < 1.29 is 9.84 Å². The summed E-state index contributed by atoms with van der Waals surface area (Å²) in [5, 5.41) is 11.9. The van der Waals surface area contributed by atoms with E-state index in [1.54, 1.807) is 12.1 Å². The fourth-order valence-corrected chi connectivity index (χ4v) is 3.29. The molecule has 4 heteroatoms. The van der Waals surface area contributed by atoms with Crippen molar-refractivity contribution in [1.29, 1.82) is 0 Å². The van der Waals surface area contributed by atoms with Crippen molar-refractivity contribution >= 4 is 23.2 Å². The van der Waals surface area contributed by atoms with Gasteiger partial charge in [0.1, 0.15) is 0 Å². The number of ether oxygens (including phenoxy) is 1. The van der Waals surface area contributed by atoms with E-state index in [-0.39, 0.29) is 12.2 Å². The highest BCUT2D eigenvalue weighted by atomic mass is 35.5. The molecule has 100 valence electrons. The van der Waals surface area contributed by atoms with Gasteiger partial charge in [-0.05, 0) is 31.5 Å². The summed E-state index contributed by atoms with van der Waals surface area (Å²) in [6.07, 6.45) is 1.96. The average Bonchev–Trinajstić information content (AvgIpc) is 2.20. The molecule has 1 N–H and O–H groups in total. The molecule has 2 atom stereocenters. The van der Waals surface area contributed by atoms with Crippen molar-refractivity contribution in [3.05, 3.63) is 33.8 Å². The maximum Gasteiger partial charge on any atom is 0.0737 e. The van der Waals surface area contributed by atoms with Crippen molar-refractivity contribution in [2.75, 3.05) is 0 Å². The number of hydrogen-bond donors (Lipinski definition) is 1. The third-order valence-electron chi connectivity index (χ3n) is 3.33. The molecule has 0 saturated carbocycles. The average molecular weight is 289 g/mol. The standard InChI is InChI=1S/C14H18Cl2O2/c1-9-6-14(17,7-10(2)18-9)8-11-3-4-12(15)5-13(11)16/h3-5,9-10,17H,6-8H2,1-2H3. The molecule has 2 unspecified atom stereocenters. The zero-order chi connectivity index (χ0) is 13.3. The lowest BCUT2D eigenvalue weighted by atomic mass is 9.82. The van der Waals surface area contributed by atoms with E-state index in [4.69, 9.17) is 27.9 Å². The van der Waals surface area contributed by atoms with Gasteiger partial charge in [-0.15, -0.1) is 0 Å². The first-order valence-corrected chi connectivity index (χ1v) is 6.95. The summed E-state index contributed by atoms with van der Waals surface area (Å²) in [4.78, 5) is 0. The molecule has 1 saturated heterocycles. The monoisotopic (exact) mass is 288 g/mol. The summed E-state index contributed by atoms with van der Waals surface area (Å²) in [5.41, 5.74) is 0.194. The first kappa shape index (κ1) is 14.1. The second-order valence-corrected chi connectivity index (χ2v) is 6.15. The molecule has 1 heterocycles. The third kappa shape index (κ3) is 3.39. The largest absolute Gasteiger partial charge is 0.389 e. The fraction of sp³-hybridized carbons (Fsp3) is 0.571. The first-order valence-electron chi connectivity index (χ1n) is 6.20. The molecule has 2 rings (SSSR count). The highest BCUT2D eigenvalue weighted by Gasteiger charge is 2.37. The van der Waals surface area contributed by atoms with Crippen LogP contribution in [0.15, 0.2) is 18.2 Å². The van der Waals surface area contributed by atoms with Gasteiger partial charge in [0.05, 0.1) is 17.8 Å². The Labute approximate surface area is 118 Å². The molecule has 0 aromatic heterocycles. The van der Waals surface area contributed by atoms with Gasteiger partial charge in [-0.2, -0.15) is 0 Å². The van der Waals surface area contributed by atoms with Crippen LogP contribution in [0.3, 0.4) is 0 Å². The zero-order valence-electron chi connectivity index (χ0n) is 10.6. The van der Waals surface area contributed by atoms with Crippen molar-refractivity contribution in [3.63, 3.8) is 0 Å². The fourth-order valence-electron chi connectivity index (χ4n) is 2.81. The first-order chi connectivity index (χ1) is 8.38. The van der Waals surface area contributed by atoms with E-state index in [1.807, 2.05) is 19.9 Å². The predicted octanol–water partition coefficient (Wildman–Crippen LogP) is 3.85. The number of rotatable bonds is 2. The Bertz CT molecular complexity index is 424. The molecular formula is C14H18Cl2O2. The molecule has 0 bridgehead atoms. The van der Waals surface area contributed by atoms with E-state index >= 15 is 0 Å². The van der Waals surface area contributed by atoms with Crippen LogP contribution in [0.25, 0.3) is 0 Å². The number of hydrogen-bond acceptors (Lipinski definition) is 2. The van der Waals surface area contributed by atoms with Crippen LogP contribution in [0.1, 0.15) is 32.3 Å². The summed E-state index contributed by atoms with van der Waals surface area (Å²) in [7, 11) is 0. The van der Waals surface area contributed by atoms with Crippen molar-refractivity contribution in [3.8, 4) is 0 Å². The van der Waals surface area contributed by atoms with E-state index in [0.29, 0.717) is 29.3 Å². The third-order valence-corrected chi connectivity index (χ3v) is 3.92. The molecule has 2 nitrogen and oxygen atoms in total. The van der Waals surface area contributed by atoms with Crippen LogP contribution in [0.4, 0.5) is 0 Å². The van der Waals surface area contributed by atoms with Crippen LogP contribution < -0.4 is 0 Å². The zero-order valence-corrected chi connectivity index (χ0v) is 12.1. The lowest BCUT2D eigenvalue weighted by Gasteiger charge is -2.39. The van der Waals surface area contributed by atoms with E-state index in [0.717, 1.165) is 5.56 Å². The van der Waals surface area contributed by atoms with E-state index < -0.39 is 5.60 Å². The quantitative estimate of drug-likeness (QED) is 0.896. The lowest BCUT2D eigenvalue weighted by Crippen LogP contribution is -2.44. The van der Waals surface area contributed by atoms with Gasteiger partial charge in [0, 0.05) is 29.3 Å². The maximum atomic E-state index is 10.7. The molecule has 1 aliphatic heterocycles. The Morgan fingerprint density at radius 1 is 1.28 bits per heavy atom. The molecule has 1 aromatic carbocycles. The Morgan fingerprint density at radius 2 is 1.89 bits per heavy atom. The number of halogens is 2. The topological polar surface area (TPSA) is 29.5 Å². The Kier molecular flexibility index (Phi) is 4.22. The van der Waals surface area contributed by atoms with Gasteiger partial charge in [-0.3, -0.25) is 0 Å². The lowest BCUT2D eigenvalue weighted by molar-refractivity contribution is -0.130. The summed E-state index contributed by atoms with van der Waals surface area (Å²) in [6, 6.07) is 5.40. The SMILES string of the molecule is CC1CC(O)(Cc2ccc(Cl)cc2Cl)CC(C)O1. The molecular weight excluding hydrogens is 271 g/mol. The minimum Gasteiger partial charge on any atom is -0.389 e. The van der Waals surface area contributed by atoms with Gasteiger partial charge in [0.15, 0.2) is 0 Å². The van der Waals surface area contributed by atoms with E-state index in [2.05, 4.69) is 0 Å². The van der Waals surface area contributed by atoms with Crippen LogP contribution in [0.5, 0.6) is 0 Å².